The number of unbranched alkanes of at least 4 members (excludes halogenated alkanes) is 12. The van der Waals surface area contributed by atoms with Gasteiger partial charge in [-0.05, 0) is 25.3 Å². The van der Waals surface area contributed by atoms with E-state index >= 15 is 0 Å². The molecule has 0 aliphatic rings. The first-order chi connectivity index (χ1) is 11.5. The molecule has 0 atom stereocenters. The minimum absolute atomic E-state index is 0.179. The van der Waals surface area contributed by atoms with E-state index in [4.69, 9.17) is 5.11 Å². The van der Waals surface area contributed by atoms with Gasteiger partial charge in [0.05, 0.1) is 0 Å². The van der Waals surface area contributed by atoms with E-state index in [0.717, 1.165) is 19.3 Å². The molecule has 0 rings (SSSR count). The molecule has 0 saturated carbocycles. The fraction of sp³-hybridized carbons (Fsp3) is 0.850. The highest BCUT2D eigenvalue weighted by Gasteiger charge is 2.36. The van der Waals surface area contributed by atoms with Crippen molar-refractivity contribution < 1.29 is 20.1 Å². The second-order valence-corrected chi connectivity index (χ2v) is 6.78. The van der Waals surface area contributed by atoms with Crippen molar-refractivity contribution in [3.63, 3.8) is 0 Å². The van der Waals surface area contributed by atoms with E-state index in [2.05, 4.69) is 6.92 Å². The van der Waals surface area contributed by atoms with Crippen molar-refractivity contribution in [2.45, 2.75) is 110 Å². The quantitative estimate of drug-likeness (QED) is 0.205. The first-order valence-corrected chi connectivity index (χ1v) is 9.80. The Labute approximate surface area is 148 Å². The highest BCUT2D eigenvalue weighted by molar-refractivity contribution is 5.78. The minimum Gasteiger partial charge on any atom is -0.477 e. The number of carboxylic acid groups (broad SMARTS) is 1. The van der Waals surface area contributed by atoms with Gasteiger partial charge < -0.3 is 15.3 Å². The standard InChI is InChI=1S/C20H38O4/c1-3-5-6-7-8-9-10-11-12-13-14-15-16-17-18(4-2)20(23,24)19(21)22/h4,23-24H,3,5-17H2,1-2H3,(H,21,22). The molecule has 0 bridgehead atoms. The topological polar surface area (TPSA) is 77.8 Å². The van der Waals surface area contributed by atoms with Crippen molar-refractivity contribution in [3.05, 3.63) is 11.6 Å². The lowest BCUT2D eigenvalue weighted by atomic mass is 9.98. The van der Waals surface area contributed by atoms with Gasteiger partial charge in [0.1, 0.15) is 0 Å². The summed E-state index contributed by atoms with van der Waals surface area (Å²) in [5, 5.41) is 27.9. The number of carboxylic acids is 1. The van der Waals surface area contributed by atoms with Crippen molar-refractivity contribution in [1.82, 2.24) is 0 Å². The molecular formula is C20H38O4. The normalized spacial score (nSPS) is 12.6. The first kappa shape index (κ1) is 23.1. The highest BCUT2D eigenvalue weighted by atomic mass is 16.5. The Morgan fingerprint density at radius 2 is 1.17 bits per heavy atom. The van der Waals surface area contributed by atoms with Crippen molar-refractivity contribution >= 4 is 5.97 Å². The molecule has 0 spiro atoms. The van der Waals surface area contributed by atoms with Gasteiger partial charge in [-0.15, -0.1) is 0 Å². The fourth-order valence-electron chi connectivity index (χ4n) is 2.99. The van der Waals surface area contributed by atoms with Crippen LogP contribution in [0.25, 0.3) is 0 Å². The Kier molecular flexibility index (Phi) is 13.9. The third-order valence-electron chi connectivity index (χ3n) is 4.64. The van der Waals surface area contributed by atoms with E-state index < -0.39 is 11.8 Å². The van der Waals surface area contributed by atoms with Crippen LogP contribution in [-0.4, -0.2) is 27.1 Å². The summed E-state index contributed by atoms with van der Waals surface area (Å²) < 4.78 is 0. The van der Waals surface area contributed by atoms with E-state index in [-0.39, 0.29) is 5.57 Å². The van der Waals surface area contributed by atoms with Gasteiger partial charge in [-0.1, -0.05) is 90.0 Å². The van der Waals surface area contributed by atoms with Gasteiger partial charge >= 0.3 is 5.97 Å². The molecule has 0 radical (unpaired) electrons. The molecule has 0 aromatic carbocycles. The van der Waals surface area contributed by atoms with Crippen molar-refractivity contribution in [3.8, 4) is 0 Å². The van der Waals surface area contributed by atoms with Crippen LogP contribution in [-0.2, 0) is 4.79 Å². The molecule has 0 fully saturated rings. The summed E-state index contributed by atoms with van der Waals surface area (Å²) in [6, 6.07) is 0. The van der Waals surface area contributed by atoms with Gasteiger partial charge in [0.2, 0.25) is 0 Å². The van der Waals surface area contributed by atoms with Crippen LogP contribution < -0.4 is 0 Å². The maximum atomic E-state index is 10.8. The number of hydrogen-bond acceptors (Lipinski definition) is 3. The number of aliphatic carboxylic acids is 1. The number of carbonyl (C=O) groups is 1. The van der Waals surface area contributed by atoms with Crippen LogP contribution in [0.3, 0.4) is 0 Å². The lowest BCUT2D eigenvalue weighted by molar-refractivity contribution is -0.191. The zero-order valence-electron chi connectivity index (χ0n) is 15.7. The van der Waals surface area contributed by atoms with Crippen LogP contribution in [0.2, 0.25) is 0 Å². The molecule has 3 N–H and O–H groups in total. The third-order valence-corrected chi connectivity index (χ3v) is 4.64. The molecule has 0 aliphatic heterocycles. The van der Waals surface area contributed by atoms with Crippen LogP contribution in [0.5, 0.6) is 0 Å². The van der Waals surface area contributed by atoms with Gasteiger partial charge in [-0.2, -0.15) is 0 Å². The molecule has 4 heteroatoms. The maximum Gasteiger partial charge on any atom is 0.368 e. The summed E-state index contributed by atoms with van der Waals surface area (Å²) in [7, 11) is 0. The summed E-state index contributed by atoms with van der Waals surface area (Å²) in [4.78, 5) is 10.8. The number of aliphatic hydroxyl groups is 2. The average Bonchev–Trinajstić information content (AvgIpc) is 2.55. The Hall–Kier alpha value is -0.870. The zero-order chi connectivity index (χ0) is 18.3. The number of allylic oxidation sites excluding steroid dienone is 1. The van der Waals surface area contributed by atoms with Gasteiger partial charge in [0, 0.05) is 0 Å². The van der Waals surface area contributed by atoms with Crippen LogP contribution in [0.1, 0.15) is 104 Å². The molecule has 0 aromatic rings. The Bertz CT molecular complexity index is 348. The van der Waals surface area contributed by atoms with E-state index in [0.29, 0.717) is 6.42 Å². The monoisotopic (exact) mass is 342 g/mol. The minimum atomic E-state index is -2.72. The SMILES string of the molecule is CC=C(CCCCCCCCCCCCCCC)C(O)(O)C(=O)O. The Morgan fingerprint density at radius 3 is 1.50 bits per heavy atom. The summed E-state index contributed by atoms with van der Waals surface area (Å²) in [6.45, 7) is 3.89. The maximum absolute atomic E-state index is 10.8. The molecule has 0 heterocycles. The molecule has 0 aromatic heterocycles. The van der Waals surface area contributed by atoms with Crippen molar-refractivity contribution in [1.29, 1.82) is 0 Å². The smallest absolute Gasteiger partial charge is 0.368 e. The predicted molar refractivity (Wildman–Crippen MR) is 98.9 cm³/mol. The predicted octanol–water partition coefficient (Wildman–Crippen LogP) is 5.18. The van der Waals surface area contributed by atoms with Crippen LogP contribution in [0.15, 0.2) is 11.6 Å². The molecule has 0 saturated heterocycles. The van der Waals surface area contributed by atoms with E-state index in [1.807, 2.05) is 0 Å². The molecule has 4 nitrogen and oxygen atoms in total. The molecule has 0 aliphatic carbocycles. The van der Waals surface area contributed by atoms with Crippen LogP contribution in [0, 0.1) is 0 Å². The van der Waals surface area contributed by atoms with Gasteiger partial charge in [-0.3, -0.25) is 0 Å². The fourth-order valence-corrected chi connectivity index (χ4v) is 2.99. The third kappa shape index (κ3) is 10.8. The molecule has 0 unspecified atom stereocenters. The summed E-state index contributed by atoms with van der Waals surface area (Å²) in [5.74, 6) is -4.32. The highest BCUT2D eigenvalue weighted by Crippen LogP contribution is 2.21. The lowest BCUT2D eigenvalue weighted by Gasteiger charge is -2.20. The average molecular weight is 343 g/mol. The molecule has 0 amide bonds. The second kappa shape index (κ2) is 14.5. The zero-order valence-corrected chi connectivity index (χ0v) is 15.7. The largest absolute Gasteiger partial charge is 0.477 e. The lowest BCUT2D eigenvalue weighted by Crippen LogP contribution is -2.40. The first-order valence-electron chi connectivity index (χ1n) is 9.80. The van der Waals surface area contributed by atoms with E-state index in [9.17, 15) is 15.0 Å². The molecular weight excluding hydrogens is 304 g/mol. The van der Waals surface area contributed by atoms with Crippen LogP contribution in [0.4, 0.5) is 0 Å². The van der Waals surface area contributed by atoms with Gasteiger partial charge in [0.25, 0.3) is 5.79 Å². The number of hydrogen-bond donors (Lipinski definition) is 3. The molecule has 142 valence electrons. The van der Waals surface area contributed by atoms with E-state index in [1.54, 1.807) is 6.92 Å². The van der Waals surface area contributed by atoms with Crippen molar-refractivity contribution in [2.75, 3.05) is 0 Å². The van der Waals surface area contributed by atoms with Crippen molar-refractivity contribution in [2.24, 2.45) is 0 Å². The van der Waals surface area contributed by atoms with Gasteiger partial charge in [0.15, 0.2) is 0 Å². The number of rotatable bonds is 16. The summed E-state index contributed by atoms with van der Waals surface area (Å²) in [5.41, 5.74) is 0.179. The summed E-state index contributed by atoms with van der Waals surface area (Å²) >= 11 is 0. The van der Waals surface area contributed by atoms with Gasteiger partial charge in [-0.25, -0.2) is 4.79 Å². The molecule has 24 heavy (non-hydrogen) atoms. The summed E-state index contributed by atoms with van der Waals surface area (Å²) in [6.07, 6.45) is 18.2. The van der Waals surface area contributed by atoms with Crippen LogP contribution >= 0.6 is 0 Å². The second-order valence-electron chi connectivity index (χ2n) is 6.78. The van der Waals surface area contributed by atoms with E-state index in [1.165, 1.54) is 70.3 Å². The Balaban J connectivity index is 3.49. The Morgan fingerprint density at radius 1 is 0.792 bits per heavy atom.